The number of ether oxygens (including phenoxy) is 1. The van der Waals surface area contributed by atoms with E-state index in [1.807, 2.05) is 13.8 Å². The van der Waals surface area contributed by atoms with Crippen molar-refractivity contribution in [1.82, 2.24) is 0 Å². The van der Waals surface area contributed by atoms with E-state index in [-0.39, 0.29) is 27.0 Å². The van der Waals surface area contributed by atoms with Gasteiger partial charge in [0.2, 0.25) is 0 Å². The molecule has 0 saturated carbocycles. The number of hydrogen-bond donors (Lipinski definition) is 0. The maximum atomic E-state index is 12.4. The number of carbonyl (C=O) groups is 1. The van der Waals surface area contributed by atoms with Crippen molar-refractivity contribution in [3.63, 3.8) is 0 Å². The Labute approximate surface area is 119 Å². The van der Waals surface area contributed by atoms with E-state index < -0.39 is 0 Å². The van der Waals surface area contributed by atoms with Gasteiger partial charge in [-0.1, -0.05) is 6.92 Å². The molecule has 0 aromatic carbocycles. The van der Waals surface area contributed by atoms with Crippen molar-refractivity contribution in [2.45, 2.75) is 75.9 Å². The van der Waals surface area contributed by atoms with Crippen LogP contribution in [-0.4, -0.2) is 33.1 Å². The fourth-order valence-corrected chi connectivity index (χ4v) is 10.5. The highest BCUT2D eigenvalue weighted by atomic mass is 32.3. The Hall–Kier alpha value is -0.180. The van der Waals surface area contributed by atoms with Crippen molar-refractivity contribution >= 4 is 16.0 Å². The molecule has 3 unspecified atom stereocenters. The Morgan fingerprint density at radius 3 is 2.58 bits per heavy atom. The minimum absolute atomic E-state index is 0.0000694. The summed E-state index contributed by atoms with van der Waals surface area (Å²) in [5.41, 5.74) is -0.600. The molecule has 0 amide bonds. The lowest BCUT2D eigenvalue weighted by Crippen LogP contribution is -2.57. The van der Waals surface area contributed by atoms with E-state index in [9.17, 15) is 4.79 Å². The quantitative estimate of drug-likeness (QED) is 0.578. The molecule has 0 radical (unpaired) electrons. The third kappa shape index (κ3) is 1.54. The molecule has 19 heavy (non-hydrogen) atoms. The van der Waals surface area contributed by atoms with E-state index in [1.54, 1.807) is 0 Å². The van der Waals surface area contributed by atoms with Crippen molar-refractivity contribution in [3.8, 4) is 0 Å². The molecule has 3 aliphatic rings. The summed E-state index contributed by atoms with van der Waals surface area (Å²) >= 11 is 0. The molecule has 3 heteroatoms. The molecular weight excluding hydrogens is 256 g/mol. The minimum Gasteiger partial charge on any atom is -0.458 e. The summed E-state index contributed by atoms with van der Waals surface area (Å²) in [6.07, 6.45) is 4.83. The standard InChI is InChI=1S/C16H28O2S/c1-6-14(2,3)13(17)18-15(4,5)16-8-7-9-19(16)11-12(19)10-16/h12H,6-11H2,1-5H3. The highest BCUT2D eigenvalue weighted by molar-refractivity contribution is 8.42. The molecule has 3 heterocycles. The van der Waals surface area contributed by atoms with Crippen LogP contribution in [0.5, 0.6) is 0 Å². The first kappa shape index (κ1) is 13.8. The van der Waals surface area contributed by atoms with E-state index in [0.717, 1.165) is 11.7 Å². The molecule has 0 aliphatic carbocycles. The largest absolute Gasteiger partial charge is 0.458 e. The van der Waals surface area contributed by atoms with Gasteiger partial charge in [0.1, 0.15) is 5.60 Å². The zero-order chi connectivity index (χ0) is 14.1. The van der Waals surface area contributed by atoms with Crippen molar-refractivity contribution in [1.29, 1.82) is 0 Å². The summed E-state index contributed by atoms with van der Waals surface area (Å²) in [5.74, 6) is 2.93. The van der Waals surface area contributed by atoms with Crippen LogP contribution in [0.2, 0.25) is 0 Å². The van der Waals surface area contributed by atoms with Gasteiger partial charge in [0.15, 0.2) is 0 Å². The Morgan fingerprint density at radius 2 is 2.05 bits per heavy atom. The molecule has 0 aromatic rings. The first-order chi connectivity index (χ1) is 8.71. The lowest BCUT2D eigenvalue weighted by molar-refractivity contribution is -0.171. The smallest absolute Gasteiger partial charge is 0.312 e. The summed E-state index contributed by atoms with van der Waals surface area (Å²) in [7, 11) is -0.372. The van der Waals surface area contributed by atoms with Crippen LogP contribution in [0.4, 0.5) is 0 Å². The average Bonchev–Trinajstić information content (AvgIpc) is 2.72. The third-order valence-corrected chi connectivity index (χ3v) is 11.9. The van der Waals surface area contributed by atoms with Gasteiger partial charge in [0.05, 0.1) is 5.41 Å². The van der Waals surface area contributed by atoms with Gasteiger partial charge in [-0.25, -0.2) is 10.0 Å². The van der Waals surface area contributed by atoms with Crippen LogP contribution in [0.3, 0.4) is 0 Å². The molecular formula is C16H28O2S. The van der Waals surface area contributed by atoms with Gasteiger partial charge in [0.25, 0.3) is 0 Å². The lowest BCUT2D eigenvalue weighted by atomic mass is 9.81. The van der Waals surface area contributed by atoms with Gasteiger partial charge in [-0.3, -0.25) is 4.79 Å². The lowest BCUT2D eigenvalue weighted by Gasteiger charge is -2.57. The zero-order valence-corrected chi connectivity index (χ0v) is 13.9. The second-order valence-electron chi connectivity index (χ2n) is 7.88. The number of hydrogen-bond acceptors (Lipinski definition) is 2. The van der Waals surface area contributed by atoms with Crippen LogP contribution in [0.15, 0.2) is 0 Å². The molecule has 3 saturated heterocycles. The zero-order valence-electron chi connectivity index (χ0n) is 13.0. The van der Waals surface area contributed by atoms with E-state index >= 15 is 0 Å². The molecule has 3 fully saturated rings. The maximum absolute atomic E-state index is 12.4. The van der Waals surface area contributed by atoms with E-state index in [1.165, 1.54) is 30.8 Å². The van der Waals surface area contributed by atoms with Crippen LogP contribution >= 0.6 is 10.0 Å². The fraction of sp³-hybridized carbons (Fsp3) is 0.938. The molecule has 3 rings (SSSR count). The van der Waals surface area contributed by atoms with Gasteiger partial charge in [-0.05, 0) is 70.1 Å². The van der Waals surface area contributed by atoms with Gasteiger partial charge in [-0.2, -0.15) is 0 Å². The van der Waals surface area contributed by atoms with Gasteiger partial charge < -0.3 is 4.74 Å². The molecule has 3 atom stereocenters. The van der Waals surface area contributed by atoms with E-state index in [4.69, 9.17) is 4.74 Å². The monoisotopic (exact) mass is 284 g/mol. The van der Waals surface area contributed by atoms with Crippen LogP contribution in [-0.2, 0) is 9.53 Å². The van der Waals surface area contributed by atoms with Gasteiger partial charge in [0, 0.05) is 4.75 Å². The van der Waals surface area contributed by atoms with Crippen molar-refractivity contribution in [2.24, 2.45) is 5.41 Å². The van der Waals surface area contributed by atoms with Crippen LogP contribution in [0.1, 0.15) is 60.3 Å². The molecule has 0 N–H and O–H groups in total. The van der Waals surface area contributed by atoms with Crippen LogP contribution in [0, 0.1) is 5.41 Å². The predicted octanol–water partition coefficient (Wildman–Crippen LogP) is 3.87. The summed E-state index contributed by atoms with van der Waals surface area (Å²) < 4.78 is 6.46. The molecule has 0 aromatic heterocycles. The molecule has 1 spiro atoms. The molecule has 0 bridgehead atoms. The van der Waals surface area contributed by atoms with Crippen LogP contribution < -0.4 is 0 Å². The van der Waals surface area contributed by atoms with Gasteiger partial charge >= 0.3 is 5.97 Å². The Balaban J connectivity index is 1.79. The molecule has 3 aliphatic heterocycles. The average molecular weight is 284 g/mol. The number of carbonyl (C=O) groups excluding carboxylic acids is 1. The maximum Gasteiger partial charge on any atom is 0.312 e. The summed E-state index contributed by atoms with van der Waals surface area (Å²) in [4.78, 5) is 12.4. The Bertz CT molecular complexity index is 424. The normalized spacial score (nSPS) is 43.5. The summed E-state index contributed by atoms with van der Waals surface area (Å²) in [6, 6.07) is 0. The highest BCUT2D eigenvalue weighted by Crippen LogP contribution is 2.93. The Morgan fingerprint density at radius 1 is 1.37 bits per heavy atom. The van der Waals surface area contributed by atoms with E-state index in [0.29, 0.717) is 4.75 Å². The minimum atomic E-state index is -0.372. The first-order valence-electron chi connectivity index (χ1n) is 7.71. The SMILES string of the molecule is CCC(C)(C)C(=O)OC(C)(C)C12CCCS13CC3C2. The van der Waals surface area contributed by atoms with Crippen molar-refractivity contribution < 1.29 is 9.53 Å². The van der Waals surface area contributed by atoms with Crippen LogP contribution in [0.25, 0.3) is 0 Å². The first-order valence-corrected chi connectivity index (χ1v) is 9.75. The molecule has 110 valence electrons. The van der Waals surface area contributed by atoms with Crippen molar-refractivity contribution in [2.75, 3.05) is 11.5 Å². The number of esters is 1. The third-order valence-electron chi connectivity index (χ3n) is 6.31. The van der Waals surface area contributed by atoms with Gasteiger partial charge in [-0.15, -0.1) is 0 Å². The fourth-order valence-electron chi connectivity index (χ4n) is 4.43. The number of rotatable bonds is 4. The second-order valence-corrected chi connectivity index (χ2v) is 12.0. The molecule has 2 nitrogen and oxygen atoms in total. The highest BCUT2D eigenvalue weighted by Gasteiger charge is 2.78. The summed E-state index contributed by atoms with van der Waals surface area (Å²) in [5, 5.41) is 1.03. The Kier molecular flexibility index (Phi) is 2.70. The van der Waals surface area contributed by atoms with E-state index in [2.05, 4.69) is 20.8 Å². The van der Waals surface area contributed by atoms with Crippen molar-refractivity contribution in [3.05, 3.63) is 0 Å². The predicted molar refractivity (Wildman–Crippen MR) is 81.9 cm³/mol. The summed E-state index contributed by atoms with van der Waals surface area (Å²) in [6.45, 7) is 10.4. The second kappa shape index (κ2) is 3.72. The topological polar surface area (TPSA) is 26.3 Å².